The Hall–Kier alpha value is -1.44. The van der Waals surface area contributed by atoms with E-state index in [1.54, 1.807) is 11.5 Å². The van der Waals surface area contributed by atoms with Crippen molar-refractivity contribution in [3.63, 3.8) is 0 Å². The Morgan fingerprint density at radius 3 is 2.42 bits per heavy atom. The molecule has 2 aliphatic rings. The second kappa shape index (κ2) is 12.8. The molecule has 0 saturated heterocycles. The van der Waals surface area contributed by atoms with Crippen molar-refractivity contribution in [2.45, 2.75) is 43.2 Å². The van der Waals surface area contributed by atoms with Crippen molar-refractivity contribution in [2.24, 2.45) is 5.92 Å². The van der Waals surface area contributed by atoms with Crippen LogP contribution in [0.1, 0.15) is 58.5 Å². The van der Waals surface area contributed by atoms with E-state index in [-0.39, 0.29) is 89.9 Å². The third-order valence-electron chi connectivity index (χ3n) is 6.46. The number of phenolic OH excluding ortho intramolecular Hbond substituents is 1. The number of aromatic hydroxyl groups is 1. The first-order valence-electron chi connectivity index (χ1n) is 11.2. The van der Waals surface area contributed by atoms with Crippen molar-refractivity contribution in [1.29, 1.82) is 0 Å². The number of phenols is 1. The number of ether oxygens (including phenoxy) is 1. The Bertz CT molecular complexity index is 1220. The topological polar surface area (TPSA) is 90.8 Å². The van der Waals surface area contributed by atoms with E-state index in [1.165, 1.54) is 24.9 Å². The Labute approximate surface area is 257 Å². The number of nitrogens with one attached hydrogen (secondary N) is 2. The van der Waals surface area contributed by atoms with Crippen LogP contribution in [0.2, 0.25) is 0 Å². The number of alkyl halides is 3. The van der Waals surface area contributed by atoms with Crippen molar-refractivity contribution in [3.05, 3.63) is 63.0 Å². The minimum atomic E-state index is -4.24. The summed E-state index contributed by atoms with van der Waals surface area (Å²) < 4.78 is 76.1. The quantitative estimate of drug-likeness (QED) is 0.179. The maximum atomic E-state index is 15.1. The van der Waals surface area contributed by atoms with Gasteiger partial charge in [0.05, 0.1) is 29.3 Å². The van der Waals surface area contributed by atoms with Gasteiger partial charge >= 0.3 is 12.1 Å². The Balaban J connectivity index is 0.00000400. The summed E-state index contributed by atoms with van der Waals surface area (Å²) in [5, 5.41) is 24.3. The number of benzene rings is 2. The molecule has 0 amide bonds. The minimum absolute atomic E-state index is 0. The van der Waals surface area contributed by atoms with Crippen LogP contribution in [-0.2, 0) is 0 Å². The van der Waals surface area contributed by atoms with Crippen molar-refractivity contribution in [1.82, 2.24) is 5.32 Å². The number of aromatic carboxylic acids is 1. The zero-order chi connectivity index (χ0) is 26.9. The van der Waals surface area contributed by atoms with Crippen LogP contribution < -0.4 is 14.8 Å². The monoisotopic (exact) mass is 703 g/mol. The molecule has 4 rings (SSSR count). The molecule has 38 heavy (non-hydrogen) atoms. The number of anilines is 1. The molecule has 203 valence electrons. The van der Waals surface area contributed by atoms with Crippen LogP contribution in [0.5, 0.6) is 11.5 Å². The number of halogens is 5. The Morgan fingerprint density at radius 1 is 1.16 bits per heavy atom. The molecule has 1 aliphatic carbocycles. The zero-order valence-electron chi connectivity index (χ0n) is 19.9. The average Bonchev–Trinajstić information content (AvgIpc) is 3.32. The van der Waals surface area contributed by atoms with E-state index in [2.05, 4.69) is 10.0 Å². The van der Waals surface area contributed by atoms with Crippen LogP contribution in [0.4, 0.5) is 27.6 Å². The van der Waals surface area contributed by atoms with Gasteiger partial charge in [0.25, 0.3) is 0 Å². The minimum Gasteiger partial charge on any atom is -0.505 e. The van der Waals surface area contributed by atoms with Gasteiger partial charge in [0.15, 0.2) is 11.6 Å². The number of rotatable bonds is 7. The molecular formula is C24H23F5N2O4PrS2. The molecule has 1 saturated carbocycles. The molecule has 1 unspecified atom stereocenters. The number of hydrogen-bond donors (Lipinski definition) is 4. The second-order valence-electron chi connectivity index (χ2n) is 8.68. The molecule has 6 nitrogen and oxygen atoms in total. The third kappa shape index (κ3) is 6.82. The van der Waals surface area contributed by atoms with Gasteiger partial charge in [0, 0.05) is 75.8 Å². The fourth-order valence-corrected chi connectivity index (χ4v) is 6.31. The SMILES string of the molecule is COc1cc(C(=O)O)c(F)cc1NSC1=CSC(c2ccc(C3CCC(C(F)(F)F)CC3)c(O)c2F)N1.[Pr]. The van der Waals surface area contributed by atoms with Gasteiger partial charge in [-0.25, -0.2) is 13.6 Å². The fourth-order valence-electron chi connectivity index (χ4n) is 4.47. The molecule has 0 spiro atoms. The number of carbonyl (C=O) groups is 1. The molecule has 1 heterocycles. The zero-order valence-corrected chi connectivity index (χ0v) is 25.3. The first kappa shape index (κ1) is 31.1. The van der Waals surface area contributed by atoms with Gasteiger partial charge in [-0.3, -0.25) is 0 Å². The van der Waals surface area contributed by atoms with Gasteiger partial charge < -0.3 is 25.0 Å². The summed E-state index contributed by atoms with van der Waals surface area (Å²) in [6.07, 6.45) is -3.91. The fraction of sp³-hybridized carbons (Fsp3) is 0.375. The van der Waals surface area contributed by atoms with Gasteiger partial charge in [0.1, 0.15) is 16.9 Å². The van der Waals surface area contributed by atoms with E-state index < -0.39 is 46.4 Å². The normalized spacial score (nSPS) is 21.2. The van der Waals surface area contributed by atoms with Crippen LogP contribution in [-0.4, -0.2) is 29.5 Å². The average molecular weight is 703 g/mol. The molecular weight excluding hydrogens is 680 g/mol. The van der Waals surface area contributed by atoms with Crippen molar-refractivity contribution < 1.29 is 83.0 Å². The van der Waals surface area contributed by atoms with Crippen LogP contribution in [0.3, 0.4) is 0 Å². The van der Waals surface area contributed by atoms with Gasteiger partial charge in [-0.2, -0.15) is 13.2 Å². The Morgan fingerprint density at radius 2 is 1.82 bits per heavy atom. The predicted molar refractivity (Wildman–Crippen MR) is 131 cm³/mol. The summed E-state index contributed by atoms with van der Waals surface area (Å²) in [4.78, 5) is 11.1. The number of methoxy groups -OCH3 is 1. The summed E-state index contributed by atoms with van der Waals surface area (Å²) in [7, 11) is 1.31. The largest absolute Gasteiger partial charge is 0.505 e. The van der Waals surface area contributed by atoms with E-state index in [4.69, 9.17) is 9.84 Å². The summed E-state index contributed by atoms with van der Waals surface area (Å²) in [5.41, 5.74) is 0.150. The van der Waals surface area contributed by atoms with E-state index in [1.807, 2.05) is 0 Å². The summed E-state index contributed by atoms with van der Waals surface area (Å²) >= 11 is 2.27. The molecule has 14 heteroatoms. The number of carboxylic acids is 1. The van der Waals surface area contributed by atoms with Crippen LogP contribution >= 0.6 is 23.7 Å². The van der Waals surface area contributed by atoms with Gasteiger partial charge in [-0.05, 0) is 37.7 Å². The number of thioether (sulfide) groups is 1. The van der Waals surface area contributed by atoms with E-state index >= 15 is 4.39 Å². The van der Waals surface area contributed by atoms with Gasteiger partial charge in [0.2, 0.25) is 0 Å². The van der Waals surface area contributed by atoms with Gasteiger partial charge in [-0.15, -0.1) is 11.8 Å². The second-order valence-corrected chi connectivity index (χ2v) is 10.5. The molecule has 2 aromatic rings. The van der Waals surface area contributed by atoms with Crippen LogP contribution in [0, 0.1) is 58.8 Å². The first-order chi connectivity index (χ1) is 17.5. The summed E-state index contributed by atoms with van der Waals surface area (Å²) in [6.45, 7) is 0. The predicted octanol–water partition coefficient (Wildman–Crippen LogP) is 7.11. The van der Waals surface area contributed by atoms with Crippen molar-refractivity contribution in [3.8, 4) is 11.5 Å². The third-order valence-corrected chi connectivity index (χ3v) is 8.41. The Kier molecular flexibility index (Phi) is 10.5. The number of hydrogen-bond acceptors (Lipinski definition) is 7. The standard InChI is InChI=1S/C24H23F5N2O4S2.Pr/c1-35-18-8-15(23(33)34)16(25)9-17(18)31-37-19-10-36-22(30-19)14-7-6-13(21(32)20(14)26)11-2-4-12(5-3-11)24(27,28)29;/h6-12,22,30-32H,2-5H2,1H3,(H,33,34);. The van der Waals surface area contributed by atoms with Crippen molar-refractivity contribution >= 4 is 35.4 Å². The summed E-state index contributed by atoms with van der Waals surface area (Å²) in [6, 6.07) is 5.14. The first-order valence-corrected chi connectivity index (χ1v) is 13.0. The molecule has 1 atom stereocenters. The molecule has 1 fully saturated rings. The molecule has 0 aromatic heterocycles. The van der Waals surface area contributed by atoms with Crippen molar-refractivity contribution in [2.75, 3.05) is 11.8 Å². The van der Waals surface area contributed by atoms with E-state index in [0.717, 1.165) is 24.1 Å². The van der Waals surface area contributed by atoms with E-state index in [0.29, 0.717) is 10.6 Å². The summed E-state index contributed by atoms with van der Waals surface area (Å²) in [5.74, 6) is -5.35. The number of carboxylic acid groups (broad SMARTS) is 1. The van der Waals surface area contributed by atoms with Crippen LogP contribution in [0.25, 0.3) is 0 Å². The molecule has 1 aliphatic heterocycles. The molecule has 0 bridgehead atoms. The molecule has 4 N–H and O–H groups in total. The molecule has 1 radical (unpaired) electrons. The molecule has 2 aromatic carbocycles. The van der Waals surface area contributed by atoms with E-state index in [9.17, 15) is 27.5 Å². The smallest absolute Gasteiger partial charge is 0.391 e. The van der Waals surface area contributed by atoms with Gasteiger partial charge in [-0.1, -0.05) is 12.1 Å². The van der Waals surface area contributed by atoms with Crippen LogP contribution in [0.15, 0.2) is 34.7 Å². The maximum Gasteiger partial charge on any atom is 0.391 e. The maximum absolute atomic E-state index is 15.1.